The van der Waals surface area contributed by atoms with Crippen LogP contribution in [0, 0.1) is 0 Å². The fourth-order valence-electron chi connectivity index (χ4n) is 3.14. The van der Waals surface area contributed by atoms with E-state index in [1.165, 1.54) is 94.7 Å². The maximum atomic E-state index is 3.29. The molecule has 1 N–H and O–H groups in total. The quantitative estimate of drug-likeness (QED) is 0.366. The van der Waals surface area contributed by atoms with Crippen LogP contribution < -0.4 is 5.32 Å². The summed E-state index contributed by atoms with van der Waals surface area (Å²) in [6, 6.07) is 8.69. The topological polar surface area (TPSA) is 12.0 Å². The highest BCUT2D eigenvalue weighted by Gasteiger charge is 1.99. The van der Waals surface area contributed by atoms with E-state index in [1.54, 1.807) is 0 Å². The first-order valence-corrected chi connectivity index (χ1v) is 9.64. The van der Waals surface area contributed by atoms with E-state index in [4.69, 9.17) is 0 Å². The number of aryl methyl sites for hydroxylation is 1. The molecule has 0 radical (unpaired) electrons. The lowest BCUT2D eigenvalue weighted by Gasteiger charge is -2.08. The van der Waals surface area contributed by atoms with Crippen molar-refractivity contribution < 1.29 is 0 Å². The molecule has 0 atom stereocenters. The summed E-state index contributed by atoms with van der Waals surface area (Å²) in [6.45, 7) is 2.29. The van der Waals surface area contributed by atoms with Gasteiger partial charge in [-0.1, -0.05) is 95.8 Å². The third-order valence-electron chi connectivity index (χ3n) is 4.59. The van der Waals surface area contributed by atoms with Crippen LogP contribution in [-0.2, 0) is 6.42 Å². The van der Waals surface area contributed by atoms with Gasteiger partial charge in [-0.3, -0.25) is 0 Å². The molecule has 1 rings (SSSR count). The Labute approximate surface area is 138 Å². The Bertz CT molecular complexity index is 359. The molecule has 1 nitrogen and oxygen atoms in total. The first-order valence-electron chi connectivity index (χ1n) is 9.64. The lowest BCUT2D eigenvalue weighted by Crippen LogP contribution is -1.95. The minimum atomic E-state index is 1.22. The smallest absolute Gasteiger partial charge is 0.0370 e. The third-order valence-corrected chi connectivity index (χ3v) is 4.59. The number of nitrogens with one attached hydrogen (secondary N) is 1. The minimum absolute atomic E-state index is 1.22. The maximum Gasteiger partial charge on any atom is 0.0370 e. The van der Waals surface area contributed by atoms with Gasteiger partial charge in [0.2, 0.25) is 0 Å². The Balaban J connectivity index is 1.89. The average Bonchev–Trinajstić information content (AvgIpc) is 2.56. The molecule has 126 valence electrons. The molecule has 0 saturated carbocycles. The number of unbranched alkanes of at least 4 members (excludes halogenated alkanes) is 11. The van der Waals surface area contributed by atoms with Crippen LogP contribution in [0.2, 0.25) is 0 Å². The van der Waals surface area contributed by atoms with Crippen LogP contribution in [0.25, 0.3) is 0 Å². The molecule has 0 saturated heterocycles. The molecule has 0 aliphatic carbocycles. The van der Waals surface area contributed by atoms with Gasteiger partial charge in [0.1, 0.15) is 0 Å². The van der Waals surface area contributed by atoms with E-state index in [2.05, 4.69) is 36.5 Å². The summed E-state index contributed by atoms with van der Waals surface area (Å²) >= 11 is 0. The Morgan fingerprint density at radius 3 is 1.73 bits per heavy atom. The first kappa shape index (κ1) is 19.1. The zero-order valence-electron chi connectivity index (χ0n) is 15.0. The summed E-state index contributed by atoms with van der Waals surface area (Å²) in [7, 11) is 2.01. The highest BCUT2D eigenvalue weighted by Crippen LogP contribution is 2.18. The van der Waals surface area contributed by atoms with Crippen LogP contribution in [-0.4, -0.2) is 7.05 Å². The molecule has 0 heterocycles. The lowest BCUT2D eigenvalue weighted by atomic mass is 10.0. The molecule has 0 fully saturated rings. The summed E-state index contributed by atoms with van der Waals surface area (Å²) in [5.74, 6) is 0. The zero-order valence-corrected chi connectivity index (χ0v) is 15.0. The molecule has 0 amide bonds. The van der Waals surface area contributed by atoms with Gasteiger partial charge in [0.25, 0.3) is 0 Å². The van der Waals surface area contributed by atoms with Gasteiger partial charge in [-0.2, -0.15) is 0 Å². The van der Waals surface area contributed by atoms with E-state index in [1.807, 2.05) is 7.05 Å². The normalized spacial score (nSPS) is 10.8. The molecule has 0 unspecified atom stereocenters. The van der Waals surface area contributed by atoms with E-state index in [-0.39, 0.29) is 0 Å². The van der Waals surface area contributed by atoms with Gasteiger partial charge >= 0.3 is 0 Å². The van der Waals surface area contributed by atoms with Gasteiger partial charge in [0.05, 0.1) is 0 Å². The number of benzene rings is 1. The van der Waals surface area contributed by atoms with Crippen molar-refractivity contribution in [2.24, 2.45) is 0 Å². The highest BCUT2D eigenvalue weighted by atomic mass is 14.8. The summed E-state index contributed by atoms with van der Waals surface area (Å²) in [4.78, 5) is 0. The minimum Gasteiger partial charge on any atom is -0.388 e. The SMILES string of the molecule is CCCCCCCCCCCCCCc1ccccc1NC. The van der Waals surface area contributed by atoms with Crippen molar-refractivity contribution in [2.75, 3.05) is 12.4 Å². The van der Waals surface area contributed by atoms with Crippen molar-refractivity contribution in [2.45, 2.75) is 90.4 Å². The van der Waals surface area contributed by atoms with E-state index >= 15 is 0 Å². The predicted octanol–water partition coefficient (Wildman–Crippen LogP) is 6.97. The van der Waals surface area contributed by atoms with Gasteiger partial charge in [0, 0.05) is 12.7 Å². The second-order valence-electron chi connectivity index (χ2n) is 6.55. The number of rotatable bonds is 14. The molecule has 22 heavy (non-hydrogen) atoms. The molecular weight excluding hydrogens is 266 g/mol. The third kappa shape index (κ3) is 9.12. The van der Waals surface area contributed by atoms with Crippen molar-refractivity contribution in [3.05, 3.63) is 29.8 Å². The highest BCUT2D eigenvalue weighted by molar-refractivity contribution is 5.50. The monoisotopic (exact) mass is 303 g/mol. The average molecular weight is 304 g/mol. The molecule has 1 heteroatoms. The van der Waals surface area contributed by atoms with E-state index < -0.39 is 0 Å². The van der Waals surface area contributed by atoms with Gasteiger partial charge in [-0.05, 0) is 24.5 Å². The molecule has 0 aliphatic rings. The molecule has 0 spiro atoms. The Morgan fingerprint density at radius 1 is 0.682 bits per heavy atom. The van der Waals surface area contributed by atoms with Crippen LogP contribution in [0.4, 0.5) is 5.69 Å². The second kappa shape index (κ2) is 13.7. The molecule has 1 aromatic rings. The summed E-state index contributed by atoms with van der Waals surface area (Å²) in [6.07, 6.45) is 18.3. The first-order chi connectivity index (χ1) is 10.9. The van der Waals surface area contributed by atoms with Crippen LogP contribution in [0.15, 0.2) is 24.3 Å². The van der Waals surface area contributed by atoms with Crippen LogP contribution in [0.5, 0.6) is 0 Å². The fourth-order valence-corrected chi connectivity index (χ4v) is 3.14. The fraction of sp³-hybridized carbons (Fsp3) is 0.714. The van der Waals surface area contributed by atoms with Gasteiger partial charge < -0.3 is 5.32 Å². The Kier molecular flexibility index (Phi) is 11.8. The number of hydrogen-bond acceptors (Lipinski definition) is 1. The number of anilines is 1. The lowest BCUT2D eigenvalue weighted by molar-refractivity contribution is 0.544. The molecule has 0 bridgehead atoms. The Morgan fingerprint density at radius 2 is 1.18 bits per heavy atom. The molecule has 1 aromatic carbocycles. The molecular formula is C21H37N. The van der Waals surface area contributed by atoms with Crippen molar-refractivity contribution in [1.82, 2.24) is 0 Å². The van der Waals surface area contributed by atoms with Crippen LogP contribution in [0.1, 0.15) is 89.5 Å². The predicted molar refractivity (Wildman–Crippen MR) is 101 cm³/mol. The van der Waals surface area contributed by atoms with Gasteiger partial charge in [0.15, 0.2) is 0 Å². The van der Waals surface area contributed by atoms with Crippen molar-refractivity contribution in [3.8, 4) is 0 Å². The standard InChI is InChI=1S/C21H37N/c1-3-4-5-6-7-8-9-10-11-12-13-14-17-20-18-15-16-19-21(20)22-2/h15-16,18-19,22H,3-14,17H2,1-2H3. The van der Waals surface area contributed by atoms with Gasteiger partial charge in [-0.25, -0.2) is 0 Å². The summed E-state index contributed by atoms with van der Waals surface area (Å²) < 4.78 is 0. The van der Waals surface area contributed by atoms with E-state index in [9.17, 15) is 0 Å². The summed E-state index contributed by atoms with van der Waals surface area (Å²) in [5, 5.41) is 3.29. The molecule has 0 aromatic heterocycles. The van der Waals surface area contributed by atoms with Crippen molar-refractivity contribution >= 4 is 5.69 Å². The van der Waals surface area contributed by atoms with Crippen LogP contribution >= 0.6 is 0 Å². The largest absolute Gasteiger partial charge is 0.388 e. The Hall–Kier alpha value is -0.980. The second-order valence-corrected chi connectivity index (χ2v) is 6.55. The molecule has 0 aliphatic heterocycles. The van der Waals surface area contributed by atoms with E-state index in [0.717, 1.165) is 0 Å². The zero-order chi connectivity index (χ0) is 15.9. The number of para-hydroxylation sites is 1. The van der Waals surface area contributed by atoms with Crippen molar-refractivity contribution in [3.63, 3.8) is 0 Å². The maximum absolute atomic E-state index is 3.29. The van der Waals surface area contributed by atoms with Crippen LogP contribution in [0.3, 0.4) is 0 Å². The van der Waals surface area contributed by atoms with E-state index in [0.29, 0.717) is 0 Å². The van der Waals surface area contributed by atoms with Gasteiger partial charge in [-0.15, -0.1) is 0 Å². The van der Waals surface area contributed by atoms with Crippen molar-refractivity contribution in [1.29, 1.82) is 0 Å². The summed E-state index contributed by atoms with van der Waals surface area (Å²) in [5.41, 5.74) is 2.77. The number of hydrogen-bond donors (Lipinski definition) is 1.